The molecule has 2 aromatic heterocycles. The average molecular weight is 749 g/mol. The highest BCUT2D eigenvalue weighted by molar-refractivity contribution is 5.98. The minimum Gasteiger partial charge on any atom is -0.491 e. The molecule has 4 aromatic carbocycles. The molecule has 8 rings (SSSR count). The van der Waals surface area contributed by atoms with Gasteiger partial charge >= 0.3 is 5.69 Å². The van der Waals surface area contributed by atoms with E-state index in [0.29, 0.717) is 17.0 Å². The van der Waals surface area contributed by atoms with Gasteiger partial charge in [0.2, 0.25) is 5.79 Å². The highest BCUT2D eigenvalue weighted by Crippen LogP contribution is 2.38. The second-order valence-corrected chi connectivity index (χ2v) is 13.5. The Morgan fingerprint density at radius 2 is 1.55 bits per heavy atom. The number of carbonyl (C=O) groups is 1. The van der Waals surface area contributed by atoms with Crippen LogP contribution in [0.3, 0.4) is 0 Å². The lowest BCUT2D eigenvalue weighted by Crippen LogP contribution is -2.46. The summed E-state index contributed by atoms with van der Waals surface area (Å²) < 4.78 is 51.1. The minimum absolute atomic E-state index is 0.0203. The largest absolute Gasteiger partial charge is 0.491 e. The zero-order valence-electron chi connectivity index (χ0n) is 29.9. The minimum atomic E-state index is -1.53. The Kier molecular flexibility index (Phi) is 9.95. The Labute approximate surface area is 314 Å². The topological polar surface area (TPSA) is 122 Å². The van der Waals surface area contributed by atoms with Crippen molar-refractivity contribution in [2.24, 2.45) is 0 Å². The Morgan fingerprint density at radius 3 is 2.20 bits per heavy atom. The number of piperazine rings is 1. The summed E-state index contributed by atoms with van der Waals surface area (Å²) in [5.74, 6) is -2.53. The van der Waals surface area contributed by atoms with Crippen molar-refractivity contribution < 1.29 is 27.8 Å². The molecule has 0 aliphatic carbocycles. The van der Waals surface area contributed by atoms with E-state index in [-0.39, 0.29) is 36.8 Å². The SMILES string of the molecule is CC(C(=O)c1ccccc1)n1ncn(-c2ccc(N3CCN(c4ccc(OC[C@@H]5CO[C@@](Cn6cncn6)(c6ccc(F)cc6F)O5)cc4)CC3)cc2)c1=O. The van der Waals surface area contributed by atoms with Crippen LogP contribution in [0.25, 0.3) is 5.69 Å². The monoisotopic (exact) mass is 748 g/mol. The number of rotatable bonds is 12. The number of Topliss-reactive ketones (excluding diaryl/α,β-unsaturated/α-hetero) is 1. The zero-order chi connectivity index (χ0) is 37.9. The van der Waals surface area contributed by atoms with Gasteiger partial charge in [0.05, 0.1) is 12.3 Å². The van der Waals surface area contributed by atoms with Gasteiger partial charge in [-0.3, -0.25) is 4.79 Å². The lowest BCUT2D eigenvalue weighted by atomic mass is 10.0. The molecule has 6 aromatic rings. The number of anilines is 2. The van der Waals surface area contributed by atoms with E-state index >= 15 is 0 Å². The molecule has 2 aliphatic rings. The molecule has 0 spiro atoms. The number of hydrogen-bond donors (Lipinski definition) is 0. The van der Waals surface area contributed by atoms with Gasteiger partial charge in [-0.25, -0.2) is 32.5 Å². The van der Waals surface area contributed by atoms with Crippen LogP contribution in [0.4, 0.5) is 20.2 Å². The quantitative estimate of drug-likeness (QED) is 0.158. The predicted molar refractivity (Wildman–Crippen MR) is 199 cm³/mol. The van der Waals surface area contributed by atoms with E-state index in [9.17, 15) is 18.4 Å². The summed E-state index contributed by atoms with van der Waals surface area (Å²) in [5, 5.41) is 8.34. The van der Waals surface area contributed by atoms with Crippen LogP contribution < -0.4 is 20.2 Å². The molecule has 3 atom stereocenters. The summed E-state index contributed by atoms with van der Waals surface area (Å²) in [7, 11) is 0. The summed E-state index contributed by atoms with van der Waals surface area (Å²) in [6.45, 7) is 5.21. The number of aromatic nitrogens is 6. The number of ether oxygens (including phenoxy) is 3. The van der Waals surface area contributed by atoms with E-state index in [1.54, 1.807) is 31.2 Å². The Balaban J connectivity index is 0.841. The predicted octanol–water partition coefficient (Wildman–Crippen LogP) is 5.02. The fraction of sp³-hybridized carbons (Fsp3) is 0.275. The van der Waals surface area contributed by atoms with E-state index in [4.69, 9.17) is 14.2 Å². The highest BCUT2D eigenvalue weighted by Gasteiger charge is 2.46. The second-order valence-electron chi connectivity index (χ2n) is 13.5. The van der Waals surface area contributed by atoms with E-state index in [0.717, 1.165) is 43.6 Å². The van der Waals surface area contributed by atoms with Crippen LogP contribution in [0.2, 0.25) is 0 Å². The fourth-order valence-corrected chi connectivity index (χ4v) is 6.99. The first-order valence-electron chi connectivity index (χ1n) is 17.9. The van der Waals surface area contributed by atoms with Crippen LogP contribution in [-0.4, -0.2) is 80.4 Å². The maximum absolute atomic E-state index is 14.9. The van der Waals surface area contributed by atoms with Gasteiger partial charge in [0.15, 0.2) is 5.78 Å². The lowest BCUT2D eigenvalue weighted by Gasteiger charge is -2.37. The van der Waals surface area contributed by atoms with Crippen molar-refractivity contribution in [1.29, 1.82) is 0 Å². The summed E-state index contributed by atoms with van der Waals surface area (Å²) in [4.78, 5) is 34.7. The number of benzene rings is 4. The van der Waals surface area contributed by atoms with Gasteiger partial charge in [0, 0.05) is 54.7 Å². The van der Waals surface area contributed by atoms with Gasteiger partial charge in [0.25, 0.3) is 0 Å². The Hall–Kier alpha value is -6.19. The standard InChI is InChI=1S/C40H38F2N8O5/c1-28(38(51)29-5-3-2-4-6-29)50-39(52)49(27-45-50)33-10-8-31(9-11-33)46-17-19-47(20-18-46)32-12-14-34(15-13-32)53-22-35-23-54-40(55-35,24-48-26-43-25-44-48)36-16-7-30(41)21-37(36)42/h2-16,21,25-28,35H,17-20,22-24H2,1H3/t28?,35-,40-/m1/s1. The summed E-state index contributed by atoms with van der Waals surface area (Å²) in [6, 6.07) is 27.0. The lowest BCUT2D eigenvalue weighted by molar-refractivity contribution is -0.192. The molecule has 55 heavy (non-hydrogen) atoms. The first kappa shape index (κ1) is 35.8. The van der Waals surface area contributed by atoms with E-state index in [1.807, 2.05) is 54.6 Å². The number of hydrogen-bond acceptors (Lipinski definition) is 10. The molecule has 13 nitrogen and oxygen atoms in total. The van der Waals surface area contributed by atoms with Gasteiger partial charge in [-0.15, -0.1) is 0 Å². The van der Waals surface area contributed by atoms with Crippen molar-refractivity contribution in [2.75, 3.05) is 49.2 Å². The Bertz CT molecular complexity index is 2290. The van der Waals surface area contributed by atoms with E-state index < -0.39 is 29.6 Å². The van der Waals surface area contributed by atoms with Gasteiger partial charge in [-0.05, 0) is 67.6 Å². The molecule has 0 saturated carbocycles. The first-order valence-corrected chi connectivity index (χ1v) is 17.9. The molecule has 1 unspecified atom stereocenters. The molecule has 0 amide bonds. The fourth-order valence-electron chi connectivity index (χ4n) is 6.99. The molecule has 0 N–H and O–H groups in total. The van der Waals surface area contributed by atoms with Gasteiger partial charge < -0.3 is 24.0 Å². The zero-order valence-corrected chi connectivity index (χ0v) is 29.9. The number of nitrogens with zero attached hydrogens (tertiary/aromatic N) is 8. The van der Waals surface area contributed by atoms with Gasteiger partial charge in [-0.1, -0.05) is 30.3 Å². The second kappa shape index (κ2) is 15.3. The average Bonchev–Trinajstić information content (AvgIpc) is 3.98. The van der Waals surface area contributed by atoms with E-state index in [1.165, 1.54) is 45.0 Å². The van der Waals surface area contributed by atoms with E-state index in [2.05, 4.69) is 25.0 Å². The first-order chi connectivity index (χ1) is 26.8. The molecule has 0 bridgehead atoms. The molecule has 282 valence electrons. The highest BCUT2D eigenvalue weighted by atomic mass is 19.1. The van der Waals surface area contributed by atoms with Crippen molar-refractivity contribution >= 4 is 17.2 Å². The molecule has 2 fully saturated rings. The van der Waals surface area contributed by atoms with Crippen LogP contribution in [0.1, 0.15) is 28.9 Å². The summed E-state index contributed by atoms with van der Waals surface area (Å²) in [6.07, 6.45) is 3.76. The maximum Gasteiger partial charge on any atom is 0.351 e. The van der Waals surface area contributed by atoms with Crippen molar-refractivity contribution in [3.8, 4) is 11.4 Å². The number of ketones is 1. The Morgan fingerprint density at radius 1 is 0.873 bits per heavy atom. The molecule has 2 saturated heterocycles. The molecular weight excluding hydrogens is 710 g/mol. The van der Waals surface area contributed by atoms with Crippen molar-refractivity contribution in [2.45, 2.75) is 31.4 Å². The third-order valence-corrected chi connectivity index (χ3v) is 9.95. The normalized spacial score (nSPS) is 19.1. The third-order valence-electron chi connectivity index (χ3n) is 9.95. The smallest absolute Gasteiger partial charge is 0.351 e. The molecule has 2 aliphatic heterocycles. The number of halogens is 2. The van der Waals surface area contributed by atoms with Crippen LogP contribution in [0, 0.1) is 11.6 Å². The van der Waals surface area contributed by atoms with Crippen LogP contribution in [-0.2, 0) is 21.8 Å². The molecular formula is C40H38F2N8O5. The number of carbonyl (C=O) groups excluding carboxylic acids is 1. The van der Waals surface area contributed by atoms with Crippen LogP contribution in [0.15, 0.2) is 121 Å². The van der Waals surface area contributed by atoms with Gasteiger partial charge in [0.1, 0.15) is 61.7 Å². The van der Waals surface area contributed by atoms with Crippen molar-refractivity contribution in [3.05, 3.63) is 149 Å². The summed E-state index contributed by atoms with van der Waals surface area (Å²) >= 11 is 0. The van der Waals surface area contributed by atoms with Crippen LogP contribution in [0.5, 0.6) is 5.75 Å². The maximum atomic E-state index is 14.9. The molecule has 0 radical (unpaired) electrons. The van der Waals surface area contributed by atoms with Crippen LogP contribution >= 0.6 is 0 Å². The molecule has 15 heteroatoms. The van der Waals surface area contributed by atoms with Crippen molar-refractivity contribution in [3.63, 3.8) is 0 Å². The van der Waals surface area contributed by atoms with Crippen molar-refractivity contribution in [1.82, 2.24) is 29.1 Å². The molecule has 4 heterocycles. The van der Waals surface area contributed by atoms with Gasteiger partial charge in [-0.2, -0.15) is 10.2 Å². The third kappa shape index (κ3) is 7.48. The summed E-state index contributed by atoms with van der Waals surface area (Å²) in [5.41, 5.74) is 3.00.